The first kappa shape index (κ1) is 17.7. The number of halogens is 1. The third kappa shape index (κ3) is 5.21. The van der Waals surface area contributed by atoms with E-state index in [1.807, 2.05) is 6.92 Å². The van der Waals surface area contributed by atoms with Gasteiger partial charge in [0.1, 0.15) is 11.9 Å². The molecule has 1 aromatic rings. The summed E-state index contributed by atoms with van der Waals surface area (Å²) in [5.41, 5.74) is 0.522. The second kappa shape index (κ2) is 8.88. The summed E-state index contributed by atoms with van der Waals surface area (Å²) in [6, 6.07) is 5.93. The summed E-state index contributed by atoms with van der Waals surface area (Å²) in [5, 5.41) is 8.27. The maximum absolute atomic E-state index is 13.7. The molecule has 2 amide bonds. The minimum Gasteiger partial charge on any atom is -0.353 e. The minimum absolute atomic E-state index is 0.173. The topological polar surface area (TPSA) is 70.2 Å². The molecule has 126 valence electrons. The maximum Gasteiger partial charge on any atom is 0.243 e. The summed E-state index contributed by atoms with van der Waals surface area (Å²) < 4.78 is 13.7. The molecule has 2 unspecified atom stereocenters. The highest BCUT2D eigenvalue weighted by molar-refractivity contribution is 8.00. The van der Waals surface area contributed by atoms with Gasteiger partial charge in [0.25, 0.3) is 0 Å². The molecule has 3 N–H and O–H groups in total. The fourth-order valence-corrected chi connectivity index (χ4v) is 3.50. The molecule has 0 saturated carbocycles. The second-order valence-electron chi connectivity index (χ2n) is 5.32. The second-order valence-corrected chi connectivity index (χ2v) is 6.56. The van der Waals surface area contributed by atoms with Gasteiger partial charge in [0.05, 0.1) is 5.25 Å². The smallest absolute Gasteiger partial charge is 0.243 e. The van der Waals surface area contributed by atoms with Crippen molar-refractivity contribution in [1.29, 1.82) is 0 Å². The molecule has 1 saturated heterocycles. The van der Waals surface area contributed by atoms with Crippen LogP contribution in [0.1, 0.15) is 12.5 Å². The highest BCUT2D eigenvalue weighted by atomic mass is 32.2. The lowest BCUT2D eigenvalue weighted by Crippen LogP contribution is -2.55. The highest BCUT2D eigenvalue weighted by Gasteiger charge is 2.32. The van der Waals surface area contributed by atoms with Crippen LogP contribution >= 0.6 is 11.8 Å². The molecule has 0 bridgehead atoms. The van der Waals surface area contributed by atoms with Gasteiger partial charge in [-0.1, -0.05) is 25.1 Å². The van der Waals surface area contributed by atoms with Gasteiger partial charge in [-0.05, 0) is 24.6 Å². The van der Waals surface area contributed by atoms with Crippen molar-refractivity contribution in [3.63, 3.8) is 0 Å². The van der Waals surface area contributed by atoms with E-state index in [9.17, 15) is 14.0 Å². The zero-order valence-electron chi connectivity index (χ0n) is 13.1. The maximum atomic E-state index is 13.7. The number of hydrogen-bond donors (Lipinski definition) is 3. The average Bonchev–Trinajstić information content (AvgIpc) is 2.55. The molecule has 2 rings (SSSR count). The summed E-state index contributed by atoms with van der Waals surface area (Å²) in [7, 11) is 0. The van der Waals surface area contributed by atoms with Gasteiger partial charge in [-0.3, -0.25) is 9.59 Å². The average molecular weight is 339 g/mol. The zero-order valence-corrected chi connectivity index (χ0v) is 13.9. The van der Waals surface area contributed by atoms with Gasteiger partial charge in [-0.15, -0.1) is 11.8 Å². The minimum atomic E-state index is -0.522. The largest absolute Gasteiger partial charge is 0.353 e. The lowest BCUT2D eigenvalue weighted by Gasteiger charge is -2.28. The van der Waals surface area contributed by atoms with Crippen molar-refractivity contribution in [2.24, 2.45) is 0 Å². The van der Waals surface area contributed by atoms with Crippen LogP contribution in [0.2, 0.25) is 0 Å². The molecule has 0 radical (unpaired) electrons. The first-order valence-electron chi connectivity index (χ1n) is 7.75. The molecule has 1 heterocycles. The molecule has 5 nitrogen and oxygen atoms in total. The third-order valence-corrected chi connectivity index (χ3v) is 4.91. The fourth-order valence-electron chi connectivity index (χ4n) is 2.32. The Morgan fingerprint density at radius 1 is 1.39 bits per heavy atom. The van der Waals surface area contributed by atoms with Crippen molar-refractivity contribution in [2.75, 3.05) is 25.4 Å². The van der Waals surface area contributed by atoms with Crippen LogP contribution in [0.5, 0.6) is 0 Å². The lowest BCUT2D eigenvalue weighted by atomic mass is 10.1. The van der Waals surface area contributed by atoms with Crippen molar-refractivity contribution in [1.82, 2.24) is 16.0 Å². The lowest BCUT2D eigenvalue weighted by molar-refractivity contribution is -0.128. The predicted molar refractivity (Wildman–Crippen MR) is 89.8 cm³/mol. The van der Waals surface area contributed by atoms with Gasteiger partial charge in [0, 0.05) is 18.8 Å². The van der Waals surface area contributed by atoms with Gasteiger partial charge in [0.2, 0.25) is 11.8 Å². The van der Waals surface area contributed by atoms with Crippen LogP contribution in [0.15, 0.2) is 24.3 Å². The van der Waals surface area contributed by atoms with Crippen molar-refractivity contribution in [3.05, 3.63) is 35.6 Å². The monoisotopic (exact) mass is 339 g/mol. The molecule has 0 spiro atoms. The standard InChI is InChI=1S/C16H22FN3O2S/c1-2-18-7-8-19-15(21)13-10-23-14(16(22)20-13)9-11-5-3-4-6-12(11)17/h3-6,13-14,18H,2,7-10H2,1H3,(H,19,21)(H,20,22). The molecular weight excluding hydrogens is 317 g/mol. The van der Waals surface area contributed by atoms with E-state index in [1.165, 1.54) is 17.8 Å². The van der Waals surface area contributed by atoms with Crippen LogP contribution in [-0.4, -0.2) is 48.5 Å². The quantitative estimate of drug-likeness (QED) is 0.640. The van der Waals surface area contributed by atoms with Crippen LogP contribution in [0.3, 0.4) is 0 Å². The summed E-state index contributed by atoms with van der Waals surface area (Å²) in [5.74, 6) is -0.189. The van der Waals surface area contributed by atoms with Gasteiger partial charge >= 0.3 is 0 Å². The van der Waals surface area contributed by atoms with Gasteiger partial charge < -0.3 is 16.0 Å². The summed E-state index contributed by atoms with van der Waals surface area (Å²) in [6.07, 6.45) is 0.331. The number of likely N-dealkylation sites (N-methyl/N-ethyl adjacent to an activating group) is 1. The molecule has 2 atom stereocenters. The number of nitrogens with one attached hydrogen (secondary N) is 3. The van der Waals surface area contributed by atoms with E-state index in [0.717, 1.165) is 6.54 Å². The molecular formula is C16H22FN3O2S. The van der Waals surface area contributed by atoms with Gasteiger partial charge in [-0.2, -0.15) is 0 Å². The summed E-state index contributed by atoms with van der Waals surface area (Å²) in [4.78, 5) is 24.2. The van der Waals surface area contributed by atoms with Gasteiger partial charge in [-0.25, -0.2) is 4.39 Å². The molecule has 7 heteroatoms. The number of thioether (sulfide) groups is 1. The van der Waals surface area contributed by atoms with Crippen molar-refractivity contribution in [2.45, 2.75) is 24.6 Å². The van der Waals surface area contributed by atoms with Crippen LogP contribution in [-0.2, 0) is 16.0 Å². The van der Waals surface area contributed by atoms with Crippen LogP contribution in [0.4, 0.5) is 4.39 Å². The number of amides is 2. The van der Waals surface area contributed by atoms with Crippen LogP contribution in [0, 0.1) is 5.82 Å². The number of carbonyl (C=O) groups is 2. The van der Waals surface area contributed by atoms with Crippen LogP contribution in [0.25, 0.3) is 0 Å². The normalized spacial score (nSPS) is 20.9. The van der Waals surface area contributed by atoms with Gasteiger partial charge in [0.15, 0.2) is 0 Å². The Hall–Kier alpha value is -1.60. The Bertz CT molecular complexity index is 556. The third-order valence-electron chi connectivity index (χ3n) is 3.60. The number of hydrogen-bond acceptors (Lipinski definition) is 4. The molecule has 1 fully saturated rings. The number of rotatable bonds is 7. The van der Waals surface area contributed by atoms with E-state index in [4.69, 9.17) is 0 Å². The first-order chi connectivity index (χ1) is 11.1. The van der Waals surface area contributed by atoms with E-state index in [2.05, 4.69) is 16.0 Å². The Kier molecular flexibility index (Phi) is 6.85. The van der Waals surface area contributed by atoms with E-state index < -0.39 is 6.04 Å². The summed E-state index contributed by atoms with van der Waals surface area (Å²) >= 11 is 1.40. The van der Waals surface area contributed by atoms with Crippen molar-refractivity contribution < 1.29 is 14.0 Å². The first-order valence-corrected chi connectivity index (χ1v) is 8.80. The molecule has 0 aliphatic carbocycles. The summed E-state index contributed by atoms with van der Waals surface area (Å²) in [6.45, 7) is 4.08. The highest BCUT2D eigenvalue weighted by Crippen LogP contribution is 2.23. The van der Waals surface area contributed by atoms with E-state index in [-0.39, 0.29) is 22.9 Å². The molecule has 23 heavy (non-hydrogen) atoms. The molecule has 1 aliphatic rings. The number of benzene rings is 1. The van der Waals surface area contributed by atoms with Crippen molar-refractivity contribution in [3.8, 4) is 0 Å². The Labute approximate surface area is 139 Å². The molecule has 0 aromatic heterocycles. The fraction of sp³-hybridized carbons (Fsp3) is 0.500. The van der Waals surface area contributed by atoms with Crippen LogP contribution < -0.4 is 16.0 Å². The van der Waals surface area contributed by atoms with E-state index in [1.54, 1.807) is 18.2 Å². The SMILES string of the molecule is CCNCCNC(=O)C1CSC(Cc2ccccc2F)C(=O)N1. The predicted octanol–water partition coefficient (Wildman–Crippen LogP) is 0.694. The number of carbonyl (C=O) groups excluding carboxylic acids is 2. The Morgan fingerprint density at radius 3 is 2.87 bits per heavy atom. The molecule has 1 aliphatic heterocycles. The Balaban J connectivity index is 1.81. The van der Waals surface area contributed by atoms with E-state index in [0.29, 0.717) is 30.8 Å². The van der Waals surface area contributed by atoms with E-state index >= 15 is 0 Å². The van der Waals surface area contributed by atoms with Crippen molar-refractivity contribution >= 4 is 23.6 Å². The molecule has 1 aromatic carbocycles. The Morgan fingerprint density at radius 2 is 2.17 bits per heavy atom. The zero-order chi connectivity index (χ0) is 16.7.